The highest BCUT2D eigenvalue weighted by atomic mass is 16.7. The molecule has 11 heteroatoms. The quantitative estimate of drug-likeness (QED) is 0.243. The van der Waals surface area contributed by atoms with Gasteiger partial charge in [-0.3, -0.25) is 0 Å². The molecule has 0 saturated carbocycles. The Hall–Kier alpha value is -0.440. The second kappa shape index (κ2) is 7.63. The molecule has 2 rings (SSSR count). The van der Waals surface area contributed by atoms with Crippen LogP contribution in [0.3, 0.4) is 0 Å². The highest BCUT2D eigenvalue weighted by Gasteiger charge is 2.50. The molecule has 2 aliphatic heterocycles. The van der Waals surface area contributed by atoms with Crippen LogP contribution in [0.25, 0.3) is 0 Å². The van der Waals surface area contributed by atoms with Gasteiger partial charge in [-0.05, 0) is 0 Å². The van der Waals surface area contributed by atoms with Gasteiger partial charge in [-0.15, -0.1) is 0 Å². The van der Waals surface area contributed by atoms with Crippen molar-refractivity contribution >= 4 is 0 Å². The molecule has 2 aliphatic rings. The summed E-state index contributed by atoms with van der Waals surface area (Å²) in [5.41, 5.74) is 0. The Morgan fingerprint density at radius 2 is 1.22 bits per heavy atom. The predicted molar refractivity (Wildman–Crippen MR) is 68.6 cm³/mol. The summed E-state index contributed by atoms with van der Waals surface area (Å²) in [7, 11) is 0. The van der Waals surface area contributed by atoms with Crippen LogP contribution in [-0.4, -0.2) is 115 Å². The molecule has 0 aromatic rings. The summed E-state index contributed by atoms with van der Waals surface area (Å²) in [6.07, 6.45) is -15.7. The third-order valence-corrected chi connectivity index (χ3v) is 3.98. The normalized spacial score (nSPS) is 51.7. The molecule has 0 bridgehead atoms. The van der Waals surface area contributed by atoms with E-state index in [4.69, 9.17) is 24.4 Å². The summed E-state index contributed by atoms with van der Waals surface area (Å²) in [4.78, 5) is 0. The lowest BCUT2D eigenvalue weighted by Crippen LogP contribution is -2.64. The molecular weight excluding hydrogens is 320 g/mol. The molecule has 0 spiro atoms. The Morgan fingerprint density at radius 1 is 0.652 bits per heavy atom. The number of hydrogen-bond donors (Lipinski definition) is 8. The smallest absolute Gasteiger partial charge is 0.187 e. The third kappa shape index (κ3) is 3.65. The molecule has 0 aliphatic carbocycles. The van der Waals surface area contributed by atoms with Gasteiger partial charge < -0.3 is 55.1 Å². The third-order valence-electron chi connectivity index (χ3n) is 3.98. The van der Waals surface area contributed by atoms with Gasteiger partial charge >= 0.3 is 0 Å². The van der Waals surface area contributed by atoms with Gasteiger partial charge in [-0.1, -0.05) is 0 Å². The molecule has 8 N–H and O–H groups in total. The van der Waals surface area contributed by atoms with Crippen molar-refractivity contribution in [2.24, 2.45) is 0 Å². The van der Waals surface area contributed by atoms with E-state index < -0.39 is 74.6 Å². The molecule has 10 atom stereocenters. The van der Waals surface area contributed by atoms with E-state index in [1.54, 1.807) is 0 Å². The highest BCUT2D eigenvalue weighted by Crippen LogP contribution is 2.28. The summed E-state index contributed by atoms with van der Waals surface area (Å²) < 4.78 is 15.1. The maximum absolute atomic E-state index is 10.00. The lowest BCUT2D eigenvalue weighted by Gasteiger charge is -2.45. The van der Waals surface area contributed by atoms with Gasteiger partial charge in [0, 0.05) is 0 Å². The van der Waals surface area contributed by atoms with Crippen molar-refractivity contribution < 1.29 is 55.1 Å². The monoisotopic (exact) mass is 342 g/mol. The van der Waals surface area contributed by atoms with Crippen molar-refractivity contribution in [1.29, 1.82) is 0 Å². The Bertz CT molecular complexity index is 380. The van der Waals surface area contributed by atoms with E-state index >= 15 is 0 Å². The van der Waals surface area contributed by atoms with Gasteiger partial charge in [0.2, 0.25) is 0 Å². The van der Waals surface area contributed by atoms with E-state index in [0.717, 1.165) is 0 Å². The summed E-state index contributed by atoms with van der Waals surface area (Å²) in [6.45, 7) is -1.34. The summed E-state index contributed by atoms with van der Waals surface area (Å²) in [5, 5.41) is 76.8. The average Bonchev–Trinajstić information content (AvgIpc) is 2.54. The van der Waals surface area contributed by atoms with Crippen molar-refractivity contribution in [2.75, 3.05) is 13.2 Å². The summed E-state index contributed by atoms with van der Waals surface area (Å²) >= 11 is 0. The van der Waals surface area contributed by atoms with E-state index in [1.165, 1.54) is 0 Å². The van der Waals surface area contributed by atoms with Crippen molar-refractivity contribution in [3.63, 3.8) is 0 Å². The van der Waals surface area contributed by atoms with Crippen LogP contribution in [0.2, 0.25) is 0 Å². The minimum Gasteiger partial charge on any atom is -0.394 e. The van der Waals surface area contributed by atoms with Gasteiger partial charge in [-0.25, -0.2) is 0 Å². The predicted octanol–water partition coefficient (Wildman–Crippen LogP) is -5.40. The molecule has 0 aromatic heterocycles. The van der Waals surface area contributed by atoms with E-state index in [-0.39, 0.29) is 0 Å². The maximum atomic E-state index is 10.00. The van der Waals surface area contributed by atoms with Crippen LogP contribution in [0.5, 0.6) is 0 Å². The van der Waals surface area contributed by atoms with Crippen molar-refractivity contribution in [1.82, 2.24) is 0 Å². The average molecular weight is 342 g/mol. The largest absolute Gasteiger partial charge is 0.394 e. The fraction of sp³-hybridized carbons (Fsp3) is 1.00. The second-order valence-electron chi connectivity index (χ2n) is 5.53. The Kier molecular flexibility index (Phi) is 6.27. The van der Waals surface area contributed by atoms with Crippen LogP contribution >= 0.6 is 0 Å². The fourth-order valence-electron chi connectivity index (χ4n) is 2.56. The minimum absolute atomic E-state index is 0.667. The zero-order valence-corrected chi connectivity index (χ0v) is 12.0. The topological polar surface area (TPSA) is 190 Å². The lowest BCUT2D eigenvalue weighted by atomic mass is 9.97. The van der Waals surface area contributed by atoms with E-state index in [9.17, 15) is 30.6 Å². The molecule has 2 heterocycles. The zero-order chi connectivity index (χ0) is 17.3. The first-order valence-electron chi connectivity index (χ1n) is 7.08. The molecule has 23 heavy (non-hydrogen) atoms. The number of ether oxygens (including phenoxy) is 3. The van der Waals surface area contributed by atoms with Crippen molar-refractivity contribution in [3.8, 4) is 0 Å². The fourth-order valence-corrected chi connectivity index (χ4v) is 2.56. The van der Waals surface area contributed by atoms with Crippen LogP contribution in [0.15, 0.2) is 0 Å². The number of aliphatic hydroxyl groups excluding tert-OH is 8. The van der Waals surface area contributed by atoms with Gasteiger partial charge in [0.05, 0.1) is 13.2 Å². The number of rotatable bonds is 4. The minimum atomic E-state index is -1.76. The molecule has 0 amide bonds. The molecule has 0 aromatic carbocycles. The van der Waals surface area contributed by atoms with Crippen LogP contribution in [0.1, 0.15) is 0 Å². The first kappa shape index (κ1) is 18.9. The van der Waals surface area contributed by atoms with Gasteiger partial charge in [0.25, 0.3) is 0 Å². The van der Waals surface area contributed by atoms with Crippen LogP contribution in [0.4, 0.5) is 0 Å². The molecule has 11 nitrogen and oxygen atoms in total. The van der Waals surface area contributed by atoms with Gasteiger partial charge in [0.1, 0.15) is 48.8 Å². The van der Waals surface area contributed by atoms with E-state index in [1.807, 2.05) is 0 Å². The Morgan fingerprint density at radius 3 is 1.78 bits per heavy atom. The number of aliphatic hydroxyl groups is 8. The van der Waals surface area contributed by atoms with Gasteiger partial charge in [-0.2, -0.15) is 0 Å². The SMILES string of the molecule is OC[C@@H]1O[C@H](O[C@H]2[C@@H](O)[C@H](CO)O[C@@H](O)[C@H]2O)[C@@H](O)[C@H](O)[C@H]1O. The maximum Gasteiger partial charge on any atom is 0.187 e. The zero-order valence-electron chi connectivity index (χ0n) is 12.0. The van der Waals surface area contributed by atoms with E-state index in [0.29, 0.717) is 0 Å². The second-order valence-corrected chi connectivity index (χ2v) is 5.53. The molecular formula is C12H22O11. The van der Waals surface area contributed by atoms with Crippen molar-refractivity contribution in [3.05, 3.63) is 0 Å². The Balaban J connectivity index is 2.11. The van der Waals surface area contributed by atoms with E-state index in [2.05, 4.69) is 0 Å². The number of hydrogen-bond acceptors (Lipinski definition) is 11. The highest BCUT2D eigenvalue weighted by molar-refractivity contribution is 4.93. The summed E-state index contributed by atoms with van der Waals surface area (Å²) in [5.74, 6) is 0. The van der Waals surface area contributed by atoms with Crippen molar-refractivity contribution in [2.45, 2.75) is 61.4 Å². The van der Waals surface area contributed by atoms with Crippen LogP contribution in [0, 0.1) is 0 Å². The molecule has 136 valence electrons. The summed E-state index contributed by atoms with van der Waals surface area (Å²) in [6, 6.07) is 0. The molecule has 0 radical (unpaired) electrons. The first-order chi connectivity index (χ1) is 10.8. The van der Waals surface area contributed by atoms with Crippen LogP contribution < -0.4 is 0 Å². The van der Waals surface area contributed by atoms with Gasteiger partial charge in [0.15, 0.2) is 12.6 Å². The Labute approximate surface area is 130 Å². The molecule has 2 fully saturated rings. The standard InChI is InChI=1S/C12H22O11/c13-1-3-5(15)7(17)8(18)12(22-3)23-10-6(16)4(2-14)21-11(20)9(10)19/h3-20H,1-2H2/t3-,4-,5-,6-,7+,8-,9-,10-,11+,12+/m0/s1. The lowest BCUT2D eigenvalue weighted by molar-refractivity contribution is -0.355. The molecule has 2 saturated heterocycles. The van der Waals surface area contributed by atoms with Crippen LogP contribution in [-0.2, 0) is 14.2 Å². The first-order valence-corrected chi connectivity index (χ1v) is 7.08. The molecule has 0 unspecified atom stereocenters.